The Kier molecular flexibility index (Phi) is 4.58. The minimum Gasteiger partial charge on any atom is -0.288 e. The van der Waals surface area contributed by atoms with Crippen molar-refractivity contribution in [3.8, 4) is 0 Å². The van der Waals surface area contributed by atoms with Crippen molar-refractivity contribution < 1.29 is 4.79 Å². The molecule has 2 unspecified atom stereocenters. The van der Waals surface area contributed by atoms with Crippen molar-refractivity contribution in [3.63, 3.8) is 0 Å². The molecule has 1 N–H and O–H groups in total. The average molecular weight is 334 g/mol. The summed E-state index contributed by atoms with van der Waals surface area (Å²) < 4.78 is 0. The molecule has 1 heterocycles. The van der Waals surface area contributed by atoms with Crippen molar-refractivity contribution in [2.75, 3.05) is 13.1 Å². The van der Waals surface area contributed by atoms with Gasteiger partial charge >= 0.3 is 0 Å². The normalized spacial score (nSPS) is 23.2. The van der Waals surface area contributed by atoms with Crippen LogP contribution in [0.15, 0.2) is 48.5 Å². The van der Waals surface area contributed by atoms with Gasteiger partial charge < -0.3 is 0 Å². The quantitative estimate of drug-likeness (QED) is 0.922. The lowest BCUT2D eigenvalue weighted by Crippen LogP contribution is -2.48. The topological polar surface area (TPSA) is 32.3 Å². The first kappa shape index (κ1) is 16.3. The molecule has 2 aromatic rings. The number of aryl methyl sites for hydroxylation is 2. The van der Waals surface area contributed by atoms with Crippen LogP contribution in [0.25, 0.3) is 0 Å². The van der Waals surface area contributed by atoms with Gasteiger partial charge in [-0.1, -0.05) is 54.1 Å². The van der Waals surface area contributed by atoms with Crippen LogP contribution in [0.3, 0.4) is 0 Å². The Bertz CT molecular complexity index is 756. The average Bonchev–Trinajstić information content (AvgIpc) is 3.06. The molecule has 0 saturated carbocycles. The molecule has 1 fully saturated rings. The number of hydrogen-bond donors (Lipinski definition) is 1. The summed E-state index contributed by atoms with van der Waals surface area (Å²) in [6, 6.07) is 17.2. The fraction of sp³-hybridized carbons (Fsp3) is 0.409. The zero-order valence-corrected chi connectivity index (χ0v) is 14.9. The third-order valence-corrected chi connectivity index (χ3v) is 5.66. The lowest BCUT2D eigenvalue weighted by molar-refractivity contribution is -0.128. The van der Waals surface area contributed by atoms with Gasteiger partial charge in [-0.05, 0) is 55.2 Å². The lowest BCUT2D eigenvalue weighted by atomic mass is 9.91. The molecule has 1 saturated heterocycles. The number of piperidine rings is 1. The smallest absolute Gasteiger partial charge is 0.241 e. The van der Waals surface area contributed by atoms with Crippen molar-refractivity contribution >= 4 is 5.91 Å². The zero-order chi connectivity index (χ0) is 17.2. The summed E-state index contributed by atoms with van der Waals surface area (Å²) in [5, 5.41) is 2.14. The first-order chi connectivity index (χ1) is 12.2. The summed E-state index contributed by atoms with van der Waals surface area (Å²) in [6.07, 6.45) is 4.27. The van der Waals surface area contributed by atoms with Gasteiger partial charge in [0.2, 0.25) is 5.91 Å². The highest BCUT2D eigenvalue weighted by molar-refractivity contribution is 5.84. The van der Waals surface area contributed by atoms with E-state index >= 15 is 0 Å². The van der Waals surface area contributed by atoms with E-state index in [-0.39, 0.29) is 11.8 Å². The number of amides is 1. The molecule has 1 amide bonds. The number of nitrogens with zero attached hydrogens (tertiary/aromatic N) is 1. The fourth-order valence-corrected chi connectivity index (χ4v) is 4.30. The number of carbonyl (C=O) groups is 1. The van der Waals surface area contributed by atoms with Crippen LogP contribution in [-0.4, -0.2) is 24.0 Å². The summed E-state index contributed by atoms with van der Waals surface area (Å²) in [4.78, 5) is 12.9. The van der Waals surface area contributed by atoms with E-state index in [4.69, 9.17) is 0 Å². The first-order valence-corrected chi connectivity index (χ1v) is 9.40. The Morgan fingerprint density at radius 2 is 1.96 bits per heavy atom. The minimum atomic E-state index is 0.00648. The molecule has 1 aliphatic carbocycles. The van der Waals surface area contributed by atoms with E-state index < -0.39 is 0 Å². The largest absolute Gasteiger partial charge is 0.288 e. The summed E-state index contributed by atoms with van der Waals surface area (Å²) in [6.45, 7) is 3.95. The summed E-state index contributed by atoms with van der Waals surface area (Å²) in [7, 11) is 0. The first-order valence-electron chi connectivity index (χ1n) is 9.40. The predicted octanol–water partition coefficient (Wildman–Crippen LogP) is 3.94. The van der Waals surface area contributed by atoms with E-state index in [1.807, 2.05) is 0 Å². The van der Waals surface area contributed by atoms with Crippen molar-refractivity contribution in [2.45, 2.75) is 44.4 Å². The van der Waals surface area contributed by atoms with E-state index in [0.717, 1.165) is 32.4 Å². The van der Waals surface area contributed by atoms with Crippen molar-refractivity contribution in [1.29, 1.82) is 0 Å². The molecule has 4 rings (SSSR count). The van der Waals surface area contributed by atoms with Crippen molar-refractivity contribution in [1.82, 2.24) is 10.4 Å². The lowest BCUT2D eigenvalue weighted by Gasteiger charge is -2.33. The number of carbonyl (C=O) groups excluding carboxylic acids is 1. The van der Waals surface area contributed by atoms with Gasteiger partial charge in [-0.3, -0.25) is 10.2 Å². The summed E-state index contributed by atoms with van der Waals surface area (Å²) >= 11 is 0. The molecular formula is C22H26N2O. The van der Waals surface area contributed by atoms with E-state index in [1.165, 1.54) is 28.7 Å². The second-order valence-corrected chi connectivity index (χ2v) is 7.47. The molecule has 0 aromatic heterocycles. The maximum atomic E-state index is 12.9. The molecule has 1 aliphatic heterocycles. The fourth-order valence-electron chi connectivity index (χ4n) is 4.30. The Labute approximate surface area is 150 Å². The van der Waals surface area contributed by atoms with Crippen LogP contribution in [0.4, 0.5) is 0 Å². The van der Waals surface area contributed by atoms with Gasteiger partial charge in [0, 0.05) is 13.1 Å². The van der Waals surface area contributed by atoms with Crippen LogP contribution in [0.1, 0.15) is 53.4 Å². The second-order valence-electron chi connectivity index (χ2n) is 7.47. The van der Waals surface area contributed by atoms with Gasteiger partial charge in [0.25, 0.3) is 0 Å². The van der Waals surface area contributed by atoms with Crippen LogP contribution in [0.2, 0.25) is 0 Å². The van der Waals surface area contributed by atoms with Crippen LogP contribution in [-0.2, 0) is 11.2 Å². The highest BCUT2D eigenvalue weighted by atomic mass is 16.2. The highest BCUT2D eigenvalue weighted by Crippen LogP contribution is 2.34. The van der Waals surface area contributed by atoms with Crippen LogP contribution >= 0.6 is 0 Å². The number of hydrogen-bond acceptors (Lipinski definition) is 2. The Morgan fingerprint density at radius 3 is 2.80 bits per heavy atom. The monoisotopic (exact) mass is 334 g/mol. The van der Waals surface area contributed by atoms with Crippen LogP contribution in [0.5, 0.6) is 0 Å². The van der Waals surface area contributed by atoms with Gasteiger partial charge in [0.05, 0.1) is 5.92 Å². The third kappa shape index (κ3) is 3.47. The van der Waals surface area contributed by atoms with Crippen LogP contribution in [0, 0.1) is 6.92 Å². The third-order valence-electron chi connectivity index (χ3n) is 5.66. The minimum absolute atomic E-state index is 0.00648. The molecule has 0 spiro atoms. The molecule has 0 bridgehead atoms. The van der Waals surface area contributed by atoms with Crippen LogP contribution < -0.4 is 5.43 Å². The number of fused-ring (bicyclic) bond motifs is 1. The molecule has 3 nitrogen and oxygen atoms in total. The maximum Gasteiger partial charge on any atom is 0.241 e. The molecule has 3 heteroatoms. The van der Waals surface area contributed by atoms with E-state index in [1.54, 1.807) is 0 Å². The second kappa shape index (κ2) is 7.01. The molecule has 2 aromatic carbocycles. The van der Waals surface area contributed by atoms with Gasteiger partial charge in [0.15, 0.2) is 0 Å². The Hall–Kier alpha value is -2.13. The van der Waals surface area contributed by atoms with Crippen molar-refractivity contribution in [2.24, 2.45) is 0 Å². The molecule has 130 valence electrons. The van der Waals surface area contributed by atoms with Gasteiger partial charge in [-0.25, -0.2) is 5.01 Å². The van der Waals surface area contributed by atoms with Gasteiger partial charge in [-0.15, -0.1) is 0 Å². The number of benzene rings is 2. The highest BCUT2D eigenvalue weighted by Gasteiger charge is 2.30. The van der Waals surface area contributed by atoms with E-state index in [0.29, 0.717) is 5.92 Å². The van der Waals surface area contributed by atoms with Gasteiger partial charge in [0.1, 0.15) is 0 Å². The summed E-state index contributed by atoms with van der Waals surface area (Å²) in [5.74, 6) is 0.679. The zero-order valence-electron chi connectivity index (χ0n) is 14.9. The summed E-state index contributed by atoms with van der Waals surface area (Å²) in [5.41, 5.74) is 8.40. The van der Waals surface area contributed by atoms with E-state index in [2.05, 4.69) is 65.9 Å². The SMILES string of the molecule is Cc1ccc2c(c1)C(C(=O)NN1CCCC(c3ccccc3)C1)CC2. The molecule has 0 radical (unpaired) electrons. The van der Waals surface area contributed by atoms with Gasteiger partial charge in [-0.2, -0.15) is 0 Å². The number of rotatable bonds is 3. The Balaban J connectivity index is 1.43. The maximum absolute atomic E-state index is 12.9. The number of nitrogens with one attached hydrogen (secondary N) is 1. The molecular weight excluding hydrogens is 308 g/mol. The number of hydrazine groups is 1. The molecule has 25 heavy (non-hydrogen) atoms. The van der Waals surface area contributed by atoms with E-state index in [9.17, 15) is 4.79 Å². The predicted molar refractivity (Wildman–Crippen MR) is 100 cm³/mol. The Morgan fingerprint density at radius 1 is 1.12 bits per heavy atom. The molecule has 2 aliphatic rings. The standard InChI is InChI=1S/C22H26N2O/c1-16-9-10-18-11-12-20(21(18)14-16)22(25)23-24-13-5-8-19(15-24)17-6-3-2-4-7-17/h2-4,6-7,9-10,14,19-20H,5,8,11-13,15H2,1H3,(H,23,25). The molecule has 2 atom stereocenters. The van der Waals surface area contributed by atoms with Crippen molar-refractivity contribution in [3.05, 3.63) is 70.8 Å².